The van der Waals surface area contributed by atoms with E-state index in [2.05, 4.69) is 27.7 Å². The first kappa shape index (κ1) is 14.9. The molecule has 2 rings (SSSR count). The van der Waals surface area contributed by atoms with E-state index in [0.717, 1.165) is 17.0 Å². The van der Waals surface area contributed by atoms with Gasteiger partial charge < -0.3 is 10.6 Å². The lowest BCUT2D eigenvalue weighted by Gasteiger charge is -2.12. The molecule has 0 radical (unpaired) electrons. The zero-order valence-electron chi connectivity index (χ0n) is 11.7. The van der Waals surface area contributed by atoms with Crippen LogP contribution in [-0.4, -0.2) is 30.6 Å². The molecular formula is C15H18N4O2. The summed E-state index contributed by atoms with van der Waals surface area (Å²) in [4.78, 5) is 22.7. The monoisotopic (exact) mass is 286 g/mol. The van der Waals surface area contributed by atoms with Crippen molar-refractivity contribution in [2.75, 3.05) is 18.4 Å². The number of hydrogen-bond acceptors (Lipinski definition) is 4. The largest absolute Gasteiger partial charge is 0.325 e. The Balaban J connectivity index is 1.91. The van der Waals surface area contributed by atoms with Crippen LogP contribution in [0.5, 0.6) is 0 Å². The second kappa shape index (κ2) is 7.35. The van der Waals surface area contributed by atoms with Gasteiger partial charge in [0.1, 0.15) is 0 Å². The van der Waals surface area contributed by atoms with Crippen LogP contribution in [0.15, 0.2) is 42.0 Å². The van der Waals surface area contributed by atoms with Gasteiger partial charge in [0.25, 0.3) is 0 Å². The van der Waals surface area contributed by atoms with E-state index in [4.69, 9.17) is 0 Å². The van der Waals surface area contributed by atoms with Crippen molar-refractivity contribution in [1.82, 2.24) is 10.7 Å². The molecule has 3 N–H and O–H groups in total. The minimum atomic E-state index is -0.105. The molecule has 1 heterocycles. The smallest absolute Gasteiger partial charge is 0.240 e. The Bertz CT molecular complexity index is 564. The maximum atomic E-state index is 11.6. The molecule has 0 spiro atoms. The summed E-state index contributed by atoms with van der Waals surface area (Å²) in [5, 5.41) is 9.76. The molecule has 0 unspecified atom stereocenters. The quantitative estimate of drug-likeness (QED) is 0.539. The van der Waals surface area contributed by atoms with Crippen molar-refractivity contribution in [2.45, 2.75) is 12.8 Å². The van der Waals surface area contributed by atoms with E-state index in [-0.39, 0.29) is 18.4 Å². The fourth-order valence-corrected chi connectivity index (χ4v) is 1.92. The molecule has 0 aromatic heterocycles. The number of hydrazone groups is 1. The molecule has 0 atom stereocenters. The molecule has 0 saturated heterocycles. The fourth-order valence-electron chi connectivity index (χ4n) is 1.92. The van der Waals surface area contributed by atoms with Crippen LogP contribution >= 0.6 is 0 Å². The Morgan fingerprint density at radius 2 is 2.10 bits per heavy atom. The molecule has 1 aliphatic heterocycles. The molecule has 0 fully saturated rings. The fraction of sp³-hybridized carbons (Fsp3) is 0.267. The Hall–Kier alpha value is -2.47. The van der Waals surface area contributed by atoms with Crippen molar-refractivity contribution in [3.05, 3.63) is 42.5 Å². The van der Waals surface area contributed by atoms with Crippen molar-refractivity contribution in [1.29, 1.82) is 0 Å². The maximum absolute atomic E-state index is 11.6. The molecule has 0 bridgehead atoms. The molecule has 0 saturated carbocycles. The number of hydrogen-bond donors (Lipinski definition) is 3. The van der Waals surface area contributed by atoms with E-state index in [0.29, 0.717) is 19.4 Å². The number of nitrogens with zero attached hydrogens (tertiary/aromatic N) is 1. The van der Waals surface area contributed by atoms with Crippen LogP contribution in [0.4, 0.5) is 5.69 Å². The van der Waals surface area contributed by atoms with Crippen molar-refractivity contribution in [2.24, 2.45) is 5.10 Å². The van der Waals surface area contributed by atoms with Gasteiger partial charge in [-0.25, -0.2) is 5.43 Å². The summed E-state index contributed by atoms with van der Waals surface area (Å²) in [6.07, 6.45) is 2.78. The van der Waals surface area contributed by atoms with Crippen molar-refractivity contribution < 1.29 is 9.59 Å². The first-order valence-corrected chi connectivity index (χ1v) is 6.76. The van der Waals surface area contributed by atoms with Gasteiger partial charge in [-0.1, -0.05) is 18.2 Å². The first-order valence-electron chi connectivity index (χ1n) is 6.76. The van der Waals surface area contributed by atoms with Crippen molar-refractivity contribution >= 4 is 23.2 Å². The SMILES string of the molecule is C=CCNCC(=O)Nc1ccc(C2=NNC(=O)CC2)cc1. The van der Waals surface area contributed by atoms with Crippen LogP contribution in [0.2, 0.25) is 0 Å². The summed E-state index contributed by atoms with van der Waals surface area (Å²) in [7, 11) is 0. The lowest BCUT2D eigenvalue weighted by atomic mass is 10.0. The van der Waals surface area contributed by atoms with Crippen LogP contribution in [0.3, 0.4) is 0 Å². The summed E-state index contributed by atoms with van der Waals surface area (Å²) >= 11 is 0. The number of carbonyl (C=O) groups excluding carboxylic acids is 2. The van der Waals surface area contributed by atoms with Gasteiger partial charge >= 0.3 is 0 Å². The molecule has 0 aliphatic carbocycles. The molecule has 6 nitrogen and oxygen atoms in total. The van der Waals surface area contributed by atoms with Crippen LogP contribution < -0.4 is 16.1 Å². The van der Waals surface area contributed by atoms with Gasteiger partial charge in [-0.05, 0) is 17.7 Å². The predicted molar refractivity (Wildman–Crippen MR) is 82.1 cm³/mol. The summed E-state index contributed by atoms with van der Waals surface area (Å²) in [6.45, 7) is 4.41. The van der Waals surface area contributed by atoms with Crippen LogP contribution in [0, 0.1) is 0 Å². The van der Waals surface area contributed by atoms with Gasteiger partial charge in [0.2, 0.25) is 11.8 Å². The highest BCUT2D eigenvalue weighted by atomic mass is 16.2. The third-order valence-electron chi connectivity index (χ3n) is 2.98. The number of rotatable bonds is 6. The van der Waals surface area contributed by atoms with Gasteiger partial charge in [-0.15, -0.1) is 6.58 Å². The van der Waals surface area contributed by atoms with Gasteiger partial charge in [0.15, 0.2) is 0 Å². The number of nitrogens with one attached hydrogen (secondary N) is 3. The molecule has 1 aromatic carbocycles. The van der Waals surface area contributed by atoms with Crippen LogP contribution in [-0.2, 0) is 9.59 Å². The Labute approximate surface area is 123 Å². The molecule has 6 heteroatoms. The topological polar surface area (TPSA) is 82.6 Å². The first-order chi connectivity index (χ1) is 10.2. The van der Waals surface area contributed by atoms with E-state index < -0.39 is 0 Å². The standard InChI is InChI=1S/C15H18N4O2/c1-2-9-16-10-15(21)17-12-5-3-11(4-6-12)13-7-8-14(20)19-18-13/h2-6,16H,1,7-10H2,(H,17,21)(H,19,20). The zero-order valence-corrected chi connectivity index (χ0v) is 11.7. The highest BCUT2D eigenvalue weighted by molar-refractivity contribution is 6.04. The molecule has 21 heavy (non-hydrogen) atoms. The van der Waals surface area contributed by atoms with Gasteiger partial charge in [-0.3, -0.25) is 9.59 Å². The molecule has 110 valence electrons. The highest BCUT2D eigenvalue weighted by Crippen LogP contribution is 2.14. The maximum Gasteiger partial charge on any atom is 0.240 e. The zero-order chi connectivity index (χ0) is 15.1. The van der Waals surface area contributed by atoms with E-state index in [1.54, 1.807) is 6.08 Å². The summed E-state index contributed by atoms with van der Waals surface area (Å²) < 4.78 is 0. The second-order valence-corrected chi connectivity index (χ2v) is 4.64. The molecule has 2 amide bonds. The minimum absolute atomic E-state index is 0.0605. The predicted octanol–water partition coefficient (Wildman–Crippen LogP) is 1.01. The number of benzene rings is 1. The summed E-state index contributed by atoms with van der Waals surface area (Å²) in [5.41, 5.74) is 4.99. The van der Waals surface area contributed by atoms with E-state index in [1.807, 2.05) is 24.3 Å². The van der Waals surface area contributed by atoms with Crippen molar-refractivity contribution in [3.63, 3.8) is 0 Å². The molecule has 1 aromatic rings. The summed E-state index contributed by atoms with van der Waals surface area (Å²) in [5.74, 6) is -0.165. The number of amides is 2. The van der Waals surface area contributed by atoms with Crippen LogP contribution in [0.1, 0.15) is 18.4 Å². The summed E-state index contributed by atoms with van der Waals surface area (Å²) in [6, 6.07) is 7.39. The molecular weight excluding hydrogens is 268 g/mol. The average Bonchev–Trinajstić information content (AvgIpc) is 2.49. The van der Waals surface area contributed by atoms with Gasteiger partial charge in [0, 0.05) is 25.1 Å². The number of anilines is 1. The Morgan fingerprint density at radius 3 is 2.71 bits per heavy atom. The molecule has 1 aliphatic rings. The van der Waals surface area contributed by atoms with E-state index in [9.17, 15) is 9.59 Å². The third-order valence-corrected chi connectivity index (χ3v) is 2.98. The van der Waals surface area contributed by atoms with Gasteiger partial charge in [0.05, 0.1) is 12.3 Å². The normalized spacial score (nSPS) is 14.1. The van der Waals surface area contributed by atoms with Gasteiger partial charge in [-0.2, -0.15) is 5.10 Å². The van der Waals surface area contributed by atoms with E-state index >= 15 is 0 Å². The average molecular weight is 286 g/mol. The van der Waals surface area contributed by atoms with Crippen molar-refractivity contribution in [3.8, 4) is 0 Å². The second-order valence-electron chi connectivity index (χ2n) is 4.64. The van der Waals surface area contributed by atoms with Crippen LogP contribution in [0.25, 0.3) is 0 Å². The lowest BCUT2D eigenvalue weighted by molar-refractivity contribution is -0.121. The Morgan fingerprint density at radius 1 is 1.33 bits per heavy atom. The third kappa shape index (κ3) is 4.54. The minimum Gasteiger partial charge on any atom is -0.325 e. The Kier molecular flexibility index (Phi) is 5.22. The lowest BCUT2D eigenvalue weighted by Crippen LogP contribution is -2.28. The number of carbonyl (C=O) groups is 2. The highest BCUT2D eigenvalue weighted by Gasteiger charge is 2.13. The van der Waals surface area contributed by atoms with E-state index in [1.165, 1.54) is 0 Å².